The predicted octanol–water partition coefficient (Wildman–Crippen LogP) is 7.41. The largest absolute Gasteiger partial charge is 0.429 e. The van der Waals surface area contributed by atoms with Crippen molar-refractivity contribution in [1.82, 2.24) is 0 Å². The molecule has 1 nitrogen and oxygen atoms in total. The van der Waals surface area contributed by atoms with E-state index in [-0.39, 0.29) is 0 Å². The van der Waals surface area contributed by atoms with Crippen LogP contribution in [0, 0.1) is 17.5 Å². The Kier molecular flexibility index (Phi) is 6.55. The van der Waals surface area contributed by atoms with Crippen molar-refractivity contribution in [2.24, 2.45) is 0 Å². The van der Waals surface area contributed by atoms with Crippen molar-refractivity contribution in [2.75, 3.05) is 0 Å². The summed E-state index contributed by atoms with van der Waals surface area (Å²) in [6.45, 7) is 2.12. The van der Waals surface area contributed by atoms with Crippen molar-refractivity contribution < 1.29 is 26.7 Å². The molecular weight excluding hydrogens is 399 g/mol. The van der Waals surface area contributed by atoms with E-state index in [2.05, 4.69) is 23.8 Å². The molecule has 6 heteroatoms. The molecular formula is C24H19F5O. The second kappa shape index (κ2) is 9.11. The monoisotopic (exact) mass is 418 g/mol. The fraction of sp³-hybridized carbons (Fsp3) is 0.167. The molecule has 30 heavy (non-hydrogen) atoms. The molecule has 0 saturated carbocycles. The van der Waals surface area contributed by atoms with Gasteiger partial charge in [0.25, 0.3) is 0 Å². The van der Waals surface area contributed by atoms with E-state index in [9.17, 15) is 22.0 Å². The van der Waals surface area contributed by atoms with Crippen LogP contribution < -0.4 is 4.74 Å². The Bertz CT molecular complexity index is 1000. The summed E-state index contributed by atoms with van der Waals surface area (Å²) in [6, 6.07) is 15.8. The van der Waals surface area contributed by atoms with Crippen molar-refractivity contribution in [1.29, 1.82) is 0 Å². The SMILES string of the molecule is CCCc1ccc(-c2ccc(/C=C/C(F)(F)Oc3cc(F)c(F)c(F)c3)cc2)cc1. The maximum atomic E-state index is 14.0. The van der Waals surface area contributed by atoms with Gasteiger partial charge in [0.05, 0.1) is 0 Å². The van der Waals surface area contributed by atoms with Gasteiger partial charge >= 0.3 is 6.11 Å². The van der Waals surface area contributed by atoms with Crippen molar-refractivity contribution in [3.8, 4) is 16.9 Å². The first-order chi connectivity index (χ1) is 14.3. The summed E-state index contributed by atoms with van der Waals surface area (Å²) in [5.41, 5.74) is 3.69. The van der Waals surface area contributed by atoms with Crippen LogP contribution in [0.4, 0.5) is 22.0 Å². The van der Waals surface area contributed by atoms with Crippen molar-refractivity contribution in [2.45, 2.75) is 25.9 Å². The van der Waals surface area contributed by atoms with E-state index in [1.807, 2.05) is 12.1 Å². The molecule has 0 spiro atoms. The van der Waals surface area contributed by atoms with Gasteiger partial charge < -0.3 is 4.74 Å². The number of hydrogen-bond acceptors (Lipinski definition) is 1. The lowest BCUT2D eigenvalue weighted by Gasteiger charge is -2.14. The molecule has 0 aliphatic carbocycles. The first-order valence-corrected chi connectivity index (χ1v) is 9.37. The average Bonchev–Trinajstić information content (AvgIpc) is 2.71. The van der Waals surface area contributed by atoms with Gasteiger partial charge in [0.2, 0.25) is 0 Å². The topological polar surface area (TPSA) is 9.23 Å². The zero-order valence-electron chi connectivity index (χ0n) is 16.1. The molecule has 156 valence electrons. The Labute approximate surface area is 171 Å². The molecule has 3 aromatic carbocycles. The van der Waals surface area contributed by atoms with Gasteiger partial charge in [-0.15, -0.1) is 0 Å². The third-order valence-electron chi connectivity index (χ3n) is 4.42. The lowest BCUT2D eigenvalue weighted by molar-refractivity contribution is -0.131. The van der Waals surface area contributed by atoms with Gasteiger partial charge in [0.1, 0.15) is 5.75 Å². The van der Waals surface area contributed by atoms with Crippen LogP contribution in [0.3, 0.4) is 0 Å². The second-order valence-electron chi connectivity index (χ2n) is 6.77. The van der Waals surface area contributed by atoms with Crippen LogP contribution in [0.15, 0.2) is 66.7 Å². The molecule has 0 amide bonds. The Morgan fingerprint density at radius 3 is 1.90 bits per heavy atom. The lowest BCUT2D eigenvalue weighted by atomic mass is 10.0. The van der Waals surface area contributed by atoms with E-state index in [1.54, 1.807) is 24.3 Å². The highest BCUT2D eigenvalue weighted by Crippen LogP contribution is 2.27. The van der Waals surface area contributed by atoms with Gasteiger partial charge in [-0.3, -0.25) is 0 Å². The van der Waals surface area contributed by atoms with Crippen molar-refractivity contribution in [3.05, 3.63) is 95.3 Å². The number of halogens is 5. The molecule has 0 N–H and O–H groups in total. The molecule has 0 saturated heterocycles. The number of aryl methyl sites for hydroxylation is 1. The van der Waals surface area contributed by atoms with Gasteiger partial charge in [0.15, 0.2) is 17.5 Å². The van der Waals surface area contributed by atoms with Crippen molar-refractivity contribution >= 4 is 6.08 Å². The maximum Gasteiger partial charge on any atom is 0.419 e. The minimum atomic E-state index is -3.84. The molecule has 0 unspecified atom stereocenters. The first-order valence-electron chi connectivity index (χ1n) is 9.37. The third kappa shape index (κ3) is 5.47. The summed E-state index contributed by atoms with van der Waals surface area (Å²) in [5.74, 6) is -5.78. The lowest BCUT2D eigenvalue weighted by Crippen LogP contribution is -2.21. The van der Waals surface area contributed by atoms with Gasteiger partial charge in [0, 0.05) is 18.2 Å². The molecule has 0 aromatic heterocycles. The summed E-state index contributed by atoms with van der Waals surface area (Å²) < 4.78 is 71.4. The maximum absolute atomic E-state index is 14.0. The van der Waals surface area contributed by atoms with Crippen LogP contribution in [0.25, 0.3) is 17.2 Å². The van der Waals surface area contributed by atoms with Crippen molar-refractivity contribution in [3.63, 3.8) is 0 Å². The first kappa shape index (κ1) is 21.6. The molecule has 0 heterocycles. The summed E-state index contributed by atoms with van der Waals surface area (Å²) in [6.07, 6.45) is -0.174. The molecule has 0 radical (unpaired) electrons. The van der Waals surface area contributed by atoms with Gasteiger partial charge in [-0.1, -0.05) is 61.9 Å². The summed E-state index contributed by atoms with van der Waals surface area (Å²) in [5, 5.41) is 0. The van der Waals surface area contributed by atoms with E-state index < -0.39 is 29.3 Å². The standard InChI is InChI=1S/C24H19F5O/c1-2-3-16-4-8-18(9-5-16)19-10-6-17(7-11-19)12-13-24(28,29)30-20-14-21(25)23(27)22(26)15-20/h4-15H,2-3H2,1H3/b13-12+. The summed E-state index contributed by atoms with van der Waals surface area (Å²) >= 11 is 0. The highest BCUT2D eigenvalue weighted by molar-refractivity contribution is 5.66. The number of benzene rings is 3. The van der Waals surface area contributed by atoms with E-state index in [4.69, 9.17) is 0 Å². The number of ether oxygens (including phenoxy) is 1. The predicted molar refractivity (Wildman–Crippen MR) is 107 cm³/mol. The van der Waals surface area contributed by atoms with Crippen LogP contribution in [-0.4, -0.2) is 6.11 Å². The highest BCUT2D eigenvalue weighted by Gasteiger charge is 2.28. The zero-order chi connectivity index (χ0) is 21.7. The van der Waals surface area contributed by atoms with E-state index in [0.717, 1.165) is 30.0 Å². The van der Waals surface area contributed by atoms with Gasteiger partial charge in [-0.05, 0) is 34.8 Å². The Hall–Kier alpha value is -3.15. The normalized spacial score (nSPS) is 11.8. The molecule has 3 aromatic rings. The smallest absolute Gasteiger partial charge is 0.419 e. The molecule has 0 aliphatic heterocycles. The van der Waals surface area contributed by atoms with E-state index in [0.29, 0.717) is 23.8 Å². The Morgan fingerprint density at radius 1 is 0.833 bits per heavy atom. The molecule has 0 bridgehead atoms. The Balaban J connectivity index is 1.69. The number of alkyl halides is 2. The second-order valence-corrected chi connectivity index (χ2v) is 6.77. The van der Waals surface area contributed by atoms with E-state index >= 15 is 0 Å². The number of hydrogen-bond donors (Lipinski definition) is 0. The minimum absolute atomic E-state index is 0.362. The van der Waals surface area contributed by atoms with Crippen LogP contribution in [0.5, 0.6) is 5.75 Å². The third-order valence-corrected chi connectivity index (χ3v) is 4.42. The molecule has 0 fully saturated rings. The minimum Gasteiger partial charge on any atom is -0.429 e. The quantitative estimate of drug-likeness (QED) is 0.287. The van der Waals surface area contributed by atoms with Gasteiger partial charge in [-0.2, -0.15) is 8.78 Å². The Morgan fingerprint density at radius 2 is 1.37 bits per heavy atom. The summed E-state index contributed by atoms with van der Waals surface area (Å²) in [7, 11) is 0. The average molecular weight is 418 g/mol. The van der Waals surface area contributed by atoms with Crippen LogP contribution in [0.1, 0.15) is 24.5 Å². The molecule has 3 rings (SSSR count). The number of rotatable bonds is 7. The molecule has 0 aliphatic rings. The zero-order valence-corrected chi connectivity index (χ0v) is 16.1. The van der Waals surface area contributed by atoms with Crippen LogP contribution >= 0.6 is 0 Å². The molecule has 0 atom stereocenters. The van der Waals surface area contributed by atoms with Crippen LogP contribution in [-0.2, 0) is 6.42 Å². The van der Waals surface area contributed by atoms with Gasteiger partial charge in [-0.25, -0.2) is 13.2 Å². The fourth-order valence-electron chi connectivity index (χ4n) is 2.91. The van der Waals surface area contributed by atoms with E-state index in [1.165, 1.54) is 5.56 Å². The summed E-state index contributed by atoms with van der Waals surface area (Å²) in [4.78, 5) is 0. The van der Waals surface area contributed by atoms with Crippen LogP contribution in [0.2, 0.25) is 0 Å². The fourth-order valence-corrected chi connectivity index (χ4v) is 2.91. The highest BCUT2D eigenvalue weighted by atomic mass is 19.3.